The Morgan fingerprint density at radius 2 is 2.33 bits per heavy atom. The number of nitrogens with two attached hydrogens (primary N) is 1. The van der Waals surface area contributed by atoms with E-state index in [1.165, 1.54) is 6.07 Å². The third kappa shape index (κ3) is 2.69. The van der Waals surface area contributed by atoms with Crippen molar-refractivity contribution >= 4 is 29.2 Å². The van der Waals surface area contributed by atoms with Gasteiger partial charge in [0.15, 0.2) is 0 Å². The van der Waals surface area contributed by atoms with Crippen LogP contribution < -0.4 is 10.6 Å². The summed E-state index contributed by atoms with van der Waals surface area (Å²) in [5.41, 5.74) is 6.44. The molecule has 2 heterocycles. The van der Waals surface area contributed by atoms with Gasteiger partial charge in [0.1, 0.15) is 5.82 Å². The number of hydrogen-bond acceptors (Lipinski definition) is 5. The smallest absolute Gasteiger partial charge is 0.338 e. The minimum absolute atomic E-state index is 0.120. The van der Waals surface area contributed by atoms with E-state index in [1.807, 2.05) is 11.8 Å². The van der Waals surface area contributed by atoms with E-state index >= 15 is 0 Å². The van der Waals surface area contributed by atoms with E-state index in [4.69, 9.17) is 5.73 Å². The molecule has 2 rings (SSSR count). The van der Waals surface area contributed by atoms with Gasteiger partial charge in [-0.05, 0) is 19.9 Å². The summed E-state index contributed by atoms with van der Waals surface area (Å²) < 4.78 is 0.120. The normalized spacial score (nSPS) is 18.7. The Bertz CT molecular complexity index is 476. The molecule has 0 saturated carbocycles. The van der Waals surface area contributed by atoms with Gasteiger partial charge in [0.25, 0.3) is 0 Å². The van der Waals surface area contributed by atoms with Crippen LogP contribution in [0, 0.1) is 0 Å². The quantitative estimate of drug-likeness (QED) is 0.849. The van der Waals surface area contributed by atoms with Gasteiger partial charge in [-0.25, -0.2) is 9.78 Å². The molecule has 5 nitrogen and oxygen atoms in total. The van der Waals surface area contributed by atoms with Crippen molar-refractivity contribution in [3.05, 3.63) is 17.8 Å². The fourth-order valence-corrected chi connectivity index (χ4v) is 3.22. The Morgan fingerprint density at radius 3 is 2.94 bits per heavy atom. The first-order valence-corrected chi connectivity index (χ1v) is 6.75. The van der Waals surface area contributed by atoms with Gasteiger partial charge in [-0.15, -0.1) is 0 Å². The molecule has 3 N–H and O–H groups in total. The zero-order valence-electron chi connectivity index (χ0n) is 10.5. The zero-order valence-corrected chi connectivity index (χ0v) is 11.3. The number of carboxylic acid groups (broad SMARTS) is 1. The lowest BCUT2D eigenvalue weighted by atomic mass is 10.1. The van der Waals surface area contributed by atoms with Crippen LogP contribution in [0.5, 0.6) is 0 Å². The molecule has 0 radical (unpaired) electrons. The molecule has 98 valence electrons. The van der Waals surface area contributed by atoms with Crippen molar-refractivity contribution in [2.24, 2.45) is 0 Å². The van der Waals surface area contributed by atoms with Crippen LogP contribution in [0.3, 0.4) is 0 Å². The molecule has 1 aromatic heterocycles. The number of aromatic nitrogens is 1. The molecule has 18 heavy (non-hydrogen) atoms. The first-order valence-electron chi connectivity index (χ1n) is 5.77. The molecule has 0 amide bonds. The molecule has 6 heteroatoms. The molecular formula is C12H17N3O2S. The Kier molecular flexibility index (Phi) is 3.38. The molecule has 0 atom stereocenters. The maximum Gasteiger partial charge on any atom is 0.338 e. The highest BCUT2D eigenvalue weighted by molar-refractivity contribution is 8.00. The average Bonchev–Trinajstić information content (AvgIpc) is 2.27. The Hall–Kier alpha value is -1.43. The molecule has 1 aromatic rings. The van der Waals surface area contributed by atoms with Crippen molar-refractivity contribution in [2.45, 2.75) is 18.6 Å². The topological polar surface area (TPSA) is 79.5 Å². The molecule has 0 bridgehead atoms. The van der Waals surface area contributed by atoms with E-state index in [2.05, 4.69) is 23.7 Å². The molecular weight excluding hydrogens is 250 g/mol. The van der Waals surface area contributed by atoms with Crippen LogP contribution in [0.1, 0.15) is 24.2 Å². The Balaban J connectivity index is 2.35. The molecule has 0 spiro atoms. The lowest BCUT2D eigenvalue weighted by Gasteiger charge is -2.39. The number of anilines is 2. The van der Waals surface area contributed by atoms with Gasteiger partial charge in [0.05, 0.1) is 17.4 Å². The number of nitrogen functional groups attached to an aromatic ring is 1. The standard InChI is InChI=1S/C12H17N3O2S/c1-12(2)7-15(3-4-18-12)9-6-14-10(13)5-8(9)11(16)17/h5-6H,3-4,7H2,1-2H3,(H2,13,14)(H,16,17). The van der Waals surface area contributed by atoms with Gasteiger partial charge in [0, 0.05) is 23.6 Å². The molecule has 0 aliphatic carbocycles. The summed E-state index contributed by atoms with van der Waals surface area (Å²) >= 11 is 1.90. The van der Waals surface area contributed by atoms with Crippen molar-refractivity contribution in [1.82, 2.24) is 4.98 Å². The van der Waals surface area contributed by atoms with Crippen molar-refractivity contribution in [1.29, 1.82) is 0 Å². The van der Waals surface area contributed by atoms with Crippen molar-refractivity contribution in [3.63, 3.8) is 0 Å². The zero-order chi connectivity index (χ0) is 13.3. The van der Waals surface area contributed by atoms with E-state index in [9.17, 15) is 9.90 Å². The SMILES string of the molecule is CC1(C)CN(c2cnc(N)cc2C(=O)O)CCS1. The van der Waals surface area contributed by atoms with Crippen molar-refractivity contribution in [2.75, 3.05) is 29.5 Å². The second kappa shape index (κ2) is 4.68. The third-order valence-corrected chi connectivity index (χ3v) is 4.20. The predicted octanol–water partition coefficient (Wildman–Crippen LogP) is 1.69. The molecule has 0 aromatic carbocycles. The first-order chi connectivity index (χ1) is 8.39. The van der Waals surface area contributed by atoms with Crippen LogP contribution in [0.25, 0.3) is 0 Å². The lowest BCUT2D eigenvalue weighted by Crippen LogP contribution is -2.43. The molecule has 0 unspecified atom stereocenters. The third-order valence-electron chi connectivity index (χ3n) is 2.90. The van der Waals surface area contributed by atoms with E-state index in [-0.39, 0.29) is 16.1 Å². The monoisotopic (exact) mass is 267 g/mol. The number of pyridine rings is 1. The summed E-state index contributed by atoms with van der Waals surface area (Å²) in [7, 11) is 0. The maximum atomic E-state index is 11.3. The summed E-state index contributed by atoms with van der Waals surface area (Å²) in [5, 5.41) is 9.24. The van der Waals surface area contributed by atoms with Gasteiger partial charge in [-0.2, -0.15) is 11.8 Å². The van der Waals surface area contributed by atoms with Crippen LogP contribution in [0.2, 0.25) is 0 Å². The minimum atomic E-state index is -0.963. The summed E-state index contributed by atoms with van der Waals surface area (Å²) in [6.07, 6.45) is 1.56. The number of thioether (sulfide) groups is 1. The number of aromatic carboxylic acids is 1. The van der Waals surface area contributed by atoms with Crippen LogP contribution in [0.15, 0.2) is 12.3 Å². The van der Waals surface area contributed by atoms with Crippen LogP contribution in [-0.2, 0) is 0 Å². The summed E-state index contributed by atoms with van der Waals surface area (Å²) in [6.45, 7) is 5.97. The molecule has 1 saturated heterocycles. The second-order valence-electron chi connectivity index (χ2n) is 4.96. The number of carbonyl (C=O) groups is 1. The van der Waals surface area contributed by atoms with E-state index in [1.54, 1.807) is 6.20 Å². The highest BCUT2D eigenvalue weighted by Gasteiger charge is 2.29. The fourth-order valence-electron chi connectivity index (χ4n) is 2.11. The number of carboxylic acids is 1. The summed E-state index contributed by atoms with van der Waals surface area (Å²) in [4.78, 5) is 17.3. The van der Waals surface area contributed by atoms with Gasteiger partial charge < -0.3 is 15.7 Å². The number of hydrogen-bond donors (Lipinski definition) is 2. The average molecular weight is 267 g/mol. The van der Waals surface area contributed by atoms with Crippen molar-refractivity contribution in [3.8, 4) is 0 Å². The van der Waals surface area contributed by atoms with E-state index in [0.717, 1.165) is 18.8 Å². The van der Waals surface area contributed by atoms with Gasteiger partial charge in [-0.1, -0.05) is 0 Å². The van der Waals surface area contributed by atoms with Gasteiger partial charge in [-0.3, -0.25) is 0 Å². The maximum absolute atomic E-state index is 11.3. The van der Waals surface area contributed by atoms with E-state index in [0.29, 0.717) is 5.69 Å². The second-order valence-corrected chi connectivity index (χ2v) is 6.76. The van der Waals surface area contributed by atoms with Crippen LogP contribution in [-0.4, -0.2) is 39.6 Å². The number of nitrogens with zero attached hydrogens (tertiary/aromatic N) is 2. The fraction of sp³-hybridized carbons (Fsp3) is 0.500. The highest BCUT2D eigenvalue weighted by Crippen LogP contribution is 2.33. The largest absolute Gasteiger partial charge is 0.478 e. The van der Waals surface area contributed by atoms with Crippen LogP contribution >= 0.6 is 11.8 Å². The number of rotatable bonds is 2. The molecule has 1 aliphatic rings. The first kappa shape index (κ1) is 13.0. The Morgan fingerprint density at radius 1 is 1.61 bits per heavy atom. The van der Waals surface area contributed by atoms with Crippen LogP contribution in [0.4, 0.5) is 11.5 Å². The van der Waals surface area contributed by atoms with Gasteiger partial charge in [0.2, 0.25) is 0 Å². The summed E-state index contributed by atoms with van der Waals surface area (Å²) in [6, 6.07) is 1.42. The highest BCUT2D eigenvalue weighted by atomic mass is 32.2. The van der Waals surface area contributed by atoms with Crippen molar-refractivity contribution < 1.29 is 9.90 Å². The predicted molar refractivity (Wildman–Crippen MR) is 74.4 cm³/mol. The molecule has 1 fully saturated rings. The van der Waals surface area contributed by atoms with E-state index < -0.39 is 5.97 Å². The van der Waals surface area contributed by atoms with Gasteiger partial charge >= 0.3 is 5.97 Å². The minimum Gasteiger partial charge on any atom is -0.478 e. The lowest BCUT2D eigenvalue weighted by molar-refractivity contribution is 0.0697. The molecule has 1 aliphatic heterocycles. The summed E-state index contributed by atoms with van der Waals surface area (Å²) in [5.74, 6) is 0.258. The Labute approximate surface area is 110 Å².